The van der Waals surface area contributed by atoms with Gasteiger partial charge in [-0.3, -0.25) is 0 Å². The molecule has 0 aliphatic rings. The van der Waals surface area contributed by atoms with Crippen LogP contribution in [0.2, 0.25) is 0 Å². The average Bonchev–Trinajstić information content (AvgIpc) is 3.15. The summed E-state index contributed by atoms with van der Waals surface area (Å²) in [5.41, 5.74) is 9.61. The van der Waals surface area contributed by atoms with Crippen LogP contribution in [0, 0.1) is 0 Å². The summed E-state index contributed by atoms with van der Waals surface area (Å²) in [6, 6.07) is 12.5. The van der Waals surface area contributed by atoms with E-state index in [-0.39, 0.29) is 18.6 Å². The Morgan fingerprint density at radius 3 is 2.78 bits per heavy atom. The number of anilines is 1. The van der Waals surface area contributed by atoms with Crippen molar-refractivity contribution < 1.29 is 5.11 Å². The summed E-state index contributed by atoms with van der Waals surface area (Å²) in [4.78, 5) is 4.18. The van der Waals surface area contributed by atoms with Crippen molar-refractivity contribution in [1.82, 2.24) is 25.7 Å². The first-order valence-electron chi connectivity index (χ1n) is 9.52. The van der Waals surface area contributed by atoms with Crippen molar-refractivity contribution in [2.45, 2.75) is 44.6 Å². The van der Waals surface area contributed by atoms with Crippen LogP contribution in [-0.4, -0.2) is 44.7 Å². The summed E-state index contributed by atoms with van der Waals surface area (Å²) in [7, 11) is 0. The van der Waals surface area contributed by atoms with Crippen LogP contribution in [0.15, 0.2) is 36.4 Å². The fourth-order valence-electron chi connectivity index (χ4n) is 3.37. The van der Waals surface area contributed by atoms with Gasteiger partial charge in [0.1, 0.15) is 11.3 Å². The molecule has 1 unspecified atom stereocenters. The maximum Gasteiger partial charge on any atom is 0.203 e. The monoisotopic (exact) mass is 368 g/mol. The van der Waals surface area contributed by atoms with E-state index in [2.05, 4.69) is 56.9 Å². The first-order valence-corrected chi connectivity index (χ1v) is 9.52. The molecule has 144 valence electrons. The summed E-state index contributed by atoms with van der Waals surface area (Å²) >= 11 is 0. The Balaban J connectivity index is 1.46. The second kappa shape index (κ2) is 9.43. The van der Waals surface area contributed by atoms with Crippen molar-refractivity contribution in [3.05, 3.63) is 47.5 Å². The van der Waals surface area contributed by atoms with Crippen molar-refractivity contribution in [2.75, 3.05) is 18.9 Å². The fourth-order valence-corrected chi connectivity index (χ4v) is 3.37. The van der Waals surface area contributed by atoms with Gasteiger partial charge in [0.25, 0.3) is 0 Å². The lowest BCUT2D eigenvalue weighted by molar-refractivity contribution is 0.233. The summed E-state index contributed by atoms with van der Waals surface area (Å²) in [5, 5.41) is 24.0. The van der Waals surface area contributed by atoms with E-state index in [1.165, 1.54) is 5.56 Å². The maximum atomic E-state index is 9.65. The van der Waals surface area contributed by atoms with Gasteiger partial charge in [-0.1, -0.05) is 37.3 Å². The quantitative estimate of drug-likeness (QED) is 0.437. The molecular formula is C20H28N6O. The molecule has 2 atom stereocenters. The SMILES string of the molecule is CC(CCN[C@@H](CO)CCCc1ccccc1)c1cc(N)nc2n[nH]nc12. The standard InChI is InChI=1S/C20H28N6O/c1-14(17-12-18(21)23-20-19(17)24-26-25-20)10-11-22-16(13-27)9-5-8-15-6-3-2-4-7-15/h2-4,6-7,12,14,16,22,27H,5,8-11,13H2,1H3,(H3,21,23,24,25,26)/t14?,16-/m1/s1. The zero-order valence-corrected chi connectivity index (χ0v) is 15.7. The second-order valence-electron chi connectivity index (χ2n) is 7.03. The molecule has 3 aromatic rings. The predicted molar refractivity (Wildman–Crippen MR) is 107 cm³/mol. The van der Waals surface area contributed by atoms with E-state index >= 15 is 0 Å². The molecule has 0 aliphatic heterocycles. The summed E-state index contributed by atoms with van der Waals surface area (Å²) in [6.07, 6.45) is 3.96. The molecule has 2 heterocycles. The van der Waals surface area contributed by atoms with Crippen molar-refractivity contribution >= 4 is 17.0 Å². The molecule has 0 fully saturated rings. The number of nitrogens with one attached hydrogen (secondary N) is 2. The molecule has 3 rings (SSSR count). The highest BCUT2D eigenvalue weighted by Crippen LogP contribution is 2.25. The molecule has 0 saturated carbocycles. The third-order valence-corrected chi connectivity index (χ3v) is 4.96. The van der Waals surface area contributed by atoms with E-state index in [0.29, 0.717) is 11.5 Å². The van der Waals surface area contributed by atoms with Gasteiger partial charge in [-0.2, -0.15) is 10.3 Å². The minimum Gasteiger partial charge on any atom is -0.395 e. The van der Waals surface area contributed by atoms with Gasteiger partial charge in [-0.15, -0.1) is 5.10 Å². The van der Waals surface area contributed by atoms with Gasteiger partial charge in [0.05, 0.1) is 6.61 Å². The van der Waals surface area contributed by atoms with Gasteiger partial charge in [-0.05, 0) is 55.3 Å². The van der Waals surface area contributed by atoms with Crippen LogP contribution in [-0.2, 0) is 6.42 Å². The molecule has 0 amide bonds. The number of nitrogen functional groups attached to an aromatic ring is 1. The van der Waals surface area contributed by atoms with Crippen molar-refractivity contribution in [3.63, 3.8) is 0 Å². The average molecular weight is 368 g/mol. The predicted octanol–water partition coefficient (Wildman–Crippen LogP) is 2.40. The normalized spacial score (nSPS) is 13.7. The van der Waals surface area contributed by atoms with Gasteiger partial charge in [0.2, 0.25) is 5.65 Å². The Hall–Kier alpha value is -2.51. The topological polar surface area (TPSA) is 113 Å². The third-order valence-electron chi connectivity index (χ3n) is 4.96. The number of aliphatic hydroxyl groups is 1. The van der Waals surface area contributed by atoms with Gasteiger partial charge in [-0.25, -0.2) is 4.98 Å². The Bertz CT molecular complexity index is 835. The molecule has 5 N–H and O–H groups in total. The molecule has 0 saturated heterocycles. The molecule has 7 heteroatoms. The van der Waals surface area contributed by atoms with Crippen molar-refractivity contribution in [3.8, 4) is 0 Å². The van der Waals surface area contributed by atoms with E-state index < -0.39 is 0 Å². The largest absolute Gasteiger partial charge is 0.395 e. The van der Waals surface area contributed by atoms with E-state index in [1.54, 1.807) is 0 Å². The zero-order chi connectivity index (χ0) is 19.1. The van der Waals surface area contributed by atoms with Crippen LogP contribution >= 0.6 is 0 Å². The van der Waals surface area contributed by atoms with E-state index in [1.807, 2.05) is 12.1 Å². The third kappa shape index (κ3) is 5.24. The molecule has 0 bridgehead atoms. The Labute approximate surface area is 159 Å². The van der Waals surface area contributed by atoms with Crippen LogP contribution in [0.4, 0.5) is 5.82 Å². The number of aliphatic hydroxyl groups excluding tert-OH is 1. The number of fused-ring (bicyclic) bond motifs is 1. The molecule has 1 aromatic carbocycles. The van der Waals surface area contributed by atoms with E-state index in [4.69, 9.17) is 5.73 Å². The first-order chi connectivity index (χ1) is 13.2. The summed E-state index contributed by atoms with van der Waals surface area (Å²) < 4.78 is 0. The smallest absolute Gasteiger partial charge is 0.203 e. The van der Waals surface area contributed by atoms with E-state index in [9.17, 15) is 5.11 Å². The Morgan fingerprint density at radius 1 is 1.19 bits per heavy atom. The molecule has 7 nitrogen and oxygen atoms in total. The lowest BCUT2D eigenvalue weighted by Gasteiger charge is -2.18. The molecule has 2 aromatic heterocycles. The fraction of sp³-hybridized carbons (Fsp3) is 0.450. The van der Waals surface area contributed by atoms with Crippen LogP contribution in [0.3, 0.4) is 0 Å². The van der Waals surface area contributed by atoms with Crippen LogP contribution in [0.5, 0.6) is 0 Å². The number of nitrogens with two attached hydrogens (primary N) is 1. The van der Waals surface area contributed by atoms with Crippen LogP contribution in [0.1, 0.15) is 43.2 Å². The number of nitrogens with zero attached hydrogens (tertiary/aromatic N) is 3. The number of hydrogen-bond donors (Lipinski definition) is 4. The minimum absolute atomic E-state index is 0.121. The lowest BCUT2D eigenvalue weighted by atomic mass is 9.97. The molecule has 0 spiro atoms. The second-order valence-corrected chi connectivity index (χ2v) is 7.03. The number of rotatable bonds is 10. The number of pyridine rings is 1. The first kappa shape index (κ1) is 19.3. The molecule has 27 heavy (non-hydrogen) atoms. The highest BCUT2D eigenvalue weighted by molar-refractivity contribution is 5.76. The maximum absolute atomic E-state index is 9.65. The minimum atomic E-state index is 0.121. The van der Waals surface area contributed by atoms with Crippen molar-refractivity contribution in [1.29, 1.82) is 0 Å². The Morgan fingerprint density at radius 2 is 2.00 bits per heavy atom. The Kier molecular flexibility index (Phi) is 6.73. The van der Waals surface area contributed by atoms with Gasteiger partial charge < -0.3 is 16.2 Å². The number of aryl methyl sites for hydroxylation is 1. The lowest BCUT2D eigenvalue weighted by Crippen LogP contribution is -2.33. The number of benzene rings is 1. The molecule has 0 aliphatic carbocycles. The molecule has 0 radical (unpaired) electrons. The summed E-state index contributed by atoms with van der Waals surface area (Å²) in [6.45, 7) is 3.12. The highest BCUT2D eigenvalue weighted by atomic mass is 16.3. The number of aromatic amines is 1. The highest BCUT2D eigenvalue weighted by Gasteiger charge is 2.15. The number of hydrogen-bond acceptors (Lipinski definition) is 6. The molecular weight excluding hydrogens is 340 g/mol. The number of aromatic nitrogens is 4. The summed E-state index contributed by atoms with van der Waals surface area (Å²) in [5.74, 6) is 0.722. The van der Waals surface area contributed by atoms with E-state index in [0.717, 1.165) is 43.3 Å². The van der Waals surface area contributed by atoms with Gasteiger partial charge >= 0.3 is 0 Å². The zero-order valence-electron chi connectivity index (χ0n) is 15.7. The van der Waals surface area contributed by atoms with Gasteiger partial charge in [0, 0.05) is 6.04 Å². The van der Waals surface area contributed by atoms with Crippen LogP contribution < -0.4 is 11.1 Å². The number of H-pyrrole nitrogens is 1. The van der Waals surface area contributed by atoms with Gasteiger partial charge in [0.15, 0.2) is 0 Å². The van der Waals surface area contributed by atoms with Crippen LogP contribution in [0.25, 0.3) is 11.2 Å². The van der Waals surface area contributed by atoms with Crippen molar-refractivity contribution in [2.24, 2.45) is 0 Å².